The summed E-state index contributed by atoms with van der Waals surface area (Å²) in [5.41, 5.74) is 1.22. The van der Waals surface area contributed by atoms with Gasteiger partial charge in [0.05, 0.1) is 30.8 Å². The number of ether oxygens (including phenoxy) is 4. The van der Waals surface area contributed by atoms with Gasteiger partial charge in [0, 0.05) is 59.3 Å². The van der Waals surface area contributed by atoms with E-state index in [9.17, 15) is 24.6 Å². The first-order valence-corrected chi connectivity index (χ1v) is 20.8. The highest BCUT2D eigenvalue weighted by Crippen LogP contribution is 2.33. The van der Waals surface area contributed by atoms with E-state index in [-0.39, 0.29) is 66.3 Å². The molecule has 10 unspecified atom stereocenters. The second-order valence-corrected chi connectivity index (χ2v) is 16.0. The SMILES string of the molecule is COC(CC1OC(=O)CC(O)CCCC(O)C(C)C(OC)c2coc(n2)-c2coc(n2)-c2coc(n2)C=CCCC1C)C(C)CCC(=O)C(C)C(CC=CN(C)C=O)OC. The highest BCUT2D eigenvalue weighted by atomic mass is 16.5. The number of ketones is 1. The fourth-order valence-corrected chi connectivity index (χ4v) is 7.44. The molecule has 332 valence electrons. The molecule has 1 amide bonds. The van der Waals surface area contributed by atoms with Crippen molar-refractivity contribution in [1.82, 2.24) is 19.9 Å². The van der Waals surface area contributed by atoms with E-state index in [1.807, 2.05) is 39.8 Å². The quantitative estimate of drug-likeness (QED) is 0.117. The molecule has 16 heteroatoms. The van der Waals surface area contributed by atoms with E-state index in [1.54, 1.807) is 33.5 Å². The summed E-state index contributed by atoms with van der Waals surface area (Å²) in [7, 11) is 6.36. The topological polar surface area (TPSA) is 210 Å². The molecular weight excluding hydrogens is 776 g/mol. The Morgan fingerprint density at radius 1 is 0.967 bits per heavy atom. The number of carbonyl (C=O) groups is 3. The van der Waals surface area contributed by atoms with Gasteiger partial charge in [-0.2, -0.15) is 0 Å². The molecule has 0 saturated carbocycles. The number of esters is 1. The van der Waals surface area contributed by atoms with Gasteiger partial charge in [-0.1, -0.05) is 39.8 Å². The van der Waals surface area contributed by atoms with E-state index in [1.165, 1.54) is 30.8 Å². The predicted octanol–water partition coefficient (Wildman–Crippen LogP) is 6.98. The number of hydrogen-bond donors (Lipinski definition) is 2. The van der Waals surface area contributed by atoms with Gasteiger partial charge in [-0.05, 0) is 62.9 Å². The lowest BCUT2D eigenvalue weighted by Gasteiger charge is -2.31. The maximum absolute atomic E-state index is 13.4. The van der Waals surface area contributed by atoms with Crippen molar-refractivity contribution in [3.63, 3.8) is 0 Å². The third kappa shape index (κ3) is 14.0. The Kier molecular flexibility index (Phi) is 19.3. The minimum absolute atomic E-state index is 0.0476. The first-order chi connectivity index (χ1) is 28.8. The van der Waals surface area contributed by atoms with Crippen LogP contribution in [-0.4, -0.2) is 107 Å². The number of fused-ring (bicyclic) bond motifs is 8. The monoisotopic (exact) mass is 840 g/mol. The summed E-state index contributed by atoms with van der Waals surface area (Å²) in [6.07, 6.45) is 12.5. The summed E-state index contributed by atoms with van der Waals surface area (Å²) in [6.45, 7) is 7.74. The number of cyclic esters (lactones) is 1. The van der Waals surface area contributed by atoms with Crippen LogP contribution in [0.4, 0.5) is 0 Å². The van der Waals surface area contributed by atoms with Crippen molar-refractivity contribution in [3.05, 3.63) is 48.7 Å². The minimum atomic E-state index is -0.967. The minimum Gasteiger partial charge on any atom is -0.462 e. The normalized spacial score (nSPS) is 24.5. The molecule has 1 aliphatic rings. The van der Waals surface area contributed by atoms with Crippen LogP contribution in [-0.2, 0) is 33.3 Å². The maximum atomic E-state index is 13.4. The molecule has 60 heavy (non-hydrogen) atoms. The zero-order valence-electron chi connectivity index (χ0n) is 36.2. The molecule has 0 aliphatic carbocycles. The Balaban J connectivity index is 1.46. The Labute approximate surface area is 352 Å². The van der Waals surface area contributed by atoms with Crippen LogP contribution in [0.1, 0.15) is 110 Å². The van der Waals surface area contributed by atoms with Gasteiger partial charge in [-0.3, -0.25) is 14.4 Å². The number of Topliss-reactive ketones (excluding diaryl/α,β-unsaturated/α-hetero) is 1. The van der Waals surface area contributed by atoms with E-state index in [0.717, 1.165) is 0 Å². The molecule has 6 bridgehead atoms. The van der Waals surface area contributed by atoms with Crippen molar-refractivity contribution in [2.24, 2.45) is 23.7 Å². The number of amides is 1. The second-order valence-electron chi connectivity index (χ2n) is 16.0. The summed E-state index contributed by atoms with van der Waals surface area (Å²) in [6, 6.07) is 0. The summed E-state index contributed by atoms with van der Waals surface area (Å²) >= 11 is 0. The van der Waals surface area contributed by atoms with Crippen LogP contribution in [0.15, 0.2) is 50.4 Å². The fraction of sp³-hybridized carbons (Fsp3) is 0.636. The number of nitrogens with zero attached hydrogens (tertiary/aromatic N) is 4. The smallest absolute Gasteiger partial charge is 0.308 e. The third-order valence-corrected chi connectivity index (χ3v) is 11.5. The van der Waals surface area contributed by atoms with Gasteiger partial charge in [-0.25, -0.2) is 15.0 Å². The second kappa shape index (κ2) is 24.1. The molecule has 3 aromatic rings. The van der Waals surface area contributed by atoms with Crippen LogP contribution >= 0.6 is 0 Å². The number of rotatable bonds is 15. The molecule has 0 radical (unpaired) electrons. The largest absolute Gasteiger partial charge is 0.462 e. The molecule has 0 fully saturated rings. The van der Waals surface area contributed by atoms with E-state index in [4.69, 9.17) is 32.2 Å². The van der Waals surface area contributed by atoms with Crippen LogP contribution < -0.4 is 0 Å². The highest BCUT2D eigenvalue weighted by Gasteiger charge is 2.32. The van der Waals surface area contributed by atoms with E-state index in [0.29, 0.717) is 80.7 Å². The summed E-state index contributed by atoms with van der Waals surface area (Å²) < 4.78 is 40.4. The molecule has 0 spiro atoms. The molecular formula is C44H64N4O12. The molecule has 10 atom stereocenters. The molecule has 2 N–H and O–H groups in total. The fourth-order valence-electron chi connectivity index (χ4n) is 7.44. The highest BCUT2D eigenvalue weighted by molar-refractivity contribution is 5.81. The van der Waals surface area contributed by atoms with Crippen molar-refractivity contribution in [3.8, 4) is 23.2 Å². The summed E-state index contributed by atoms with van der Waals surface area (Å²) in [4.78, 5) is 52.5. The Morgan fingerprint density at radius 3 is 2.38 bits per heavy atom. The van der Waals surface area contributed by atoms with E-state index >= 15 is 0 Å². The zero-order valence-corrected chi connectivity index (χ0v) is 36.2. The van der Waals surface area contributed by atoms with Gasteiger partial charge >= 0.3 is 5.97 Å². The molecule has 1 aliphatic heterocycles. The average Bonchev–Trinajstić information content (AvgIpc) is 4.03. The van der Waals surface area contributed by atoms with Crippen molar-refractivity contribution >= 4 is 24.2 Å². The maximum Gasteiger partial charge on any atom is 0.308 e. The Morgan fingerprint density at radius 2 is 1.67 bits per heavy atom. The number of carbonyl (C=O) groups excluding carboxylic acids is 3. The first-order valence-electron chi connectivity index (χ1n) is 20.8. The number of aliphatic hydroxyl groups excluding tert-OH is 2. The van der Waals surface area contributed by atoms with Gasteiger partial charge in [0.15, 0.2) is 11.4 Å². The van der Waals surface area contributed by atoms with Crippen LogP contribution in [0.3, 0.4) is 0 Å². The number of oxazole rings is 3. The van der Waals surface area contributed by atoms with Gasteiger partial charge in [0.1, 0.15) is 42.5 Å². The lowest BCUT2D eigenvalue weighted by atomic mass is 9.86. The zero-order chi connectivity index (χ0) is 43.8. The first kappa shape index (κ1) is 48.2. The van der Waals surface area contributed by atoms with Crippen molar-refractivity contribution in [2.75, 3.05) is 28.4 Å². The van der Waals surface area contributed by atoms with Crippen LogP contribution in [0, 0.1) is 23.7 Å². The molecule has 3 aromatic heterocycles. The van der Waals surface area contributed by atoms with Gasteiger partial charge in [0.2, 0.25) is 24.1 Å². The lowest BCUT2D eigenvalue weighted by Crippen LogP contribution is -2.34. The number of methoxy groups -OCH3 is 3. The van der Waals surface area contributed by atoms with Crippen molar-refractivity contribution < 1.29 is 56.8 Å². The van der Waals surface area contributed by atoms with Gasteiger partial charge < -0.3 is 47.3 Å². The van der Waals surface area contributed by atoms with Crippen molar-refractivity contribution in [2.45, 2.75) is 129 Å². The van der Waals surface area contributed by atoms with Gasteiger partial charge in [-0.15, -0.1) is 0 Å². The Hall–Kier alpha value is -4.48. The molecule has 16 nitrogen and oxygen atoms in total. The number of aromatic nitrogens is 3. The molecule has 4 heterocycles. The number of hydrogen-bond acceptors (Lipinski definition) is 15. The number of allylic oxidation sites excluding steroid dienone is 1. The predicted molar refractivity (Wildman–Crippen MR) is 221 cm³/mol. The molecule has 4 rings (SSSR count). The van der Waals surface area contributed by atoms with E-state index < -0.39 is 30.4 Å². The molecule has 0 aromatic carbocycles. The van der Waals surface area contributed by atoms with Crippen molar-refractivity contribution in [1.29, 1.82) is 0 Å². The Bertz CT molecular complexity index is 1820. The molecule has 0 saturated heterocycles. The average molecular weight is 841 g/mol. The summed E-state index contributed by atoms with van der Waals surface area (Å²) in [5.74, 6) is -0.561. The van der Waals surface area contributed by atoms with Gasteiger partial charge in [0.25, 0.3) is 0 Å². The van der Waals surface area contributed by atoms with E-state index in [2.05, 4.69) is 15.0 Å². The lowest BCUT2D eigenvalue weighted by molar-refractivity contribution is -0.156. The third-order valence-electron chi connectivity index (χ3n) is 11.5. The van der Waals surface area contributed by atoms with Crippen LogP contribution in [0.2, 0.25) is 0 Å². The van der Waals surface area contributed by atoms with Crippen LogP contribution in [0.5, 0.6) is 0 Å². The standard InChI is InChI=1S/C44H64N4O12/c1-27-13-9-10-17-40-45-33(24-57-40)43-47-34(25-59-43)44-46-32(23-58-44)42(56-8)30(4)35(51)15-11-14-31(50)21-41(53)60-39(27)22-38(55-7)28(2)18-19-36(52)29(3)37(54-6)16-12-20-48(5)26-49/h10,12,17,20,23-31,35,37-39,42,50-51H,9,11,13-16,18-19,21-22H2,1-8H3. The summed E-state index contributed by atoms with van der Waals surface area (Å²) in [5, 5.41) is 22.0. The van der Waals surface area contributed by atoms with Crippen LogP contribution in [0.25, 0.3) is 29.2 Å². The number of aliphatic hydroxyl groups is 2.